The highest BCUT2D eigenvalue weighted by molar-refractivity contribution is 7.99. The van der Waals surface area contributed by atoms with Gasteiger partial charge in [0, 0.05) is 31.5 Å². The maximum Gasteiger partial charge on any atom is 0.234 e. The molecule has 1 atom stereocenters. The molecule has 2 aliphatic rings. The number of piperidine rings is 1. The first kappa shape index (κ1) is 22.0. The van der Waals surface area contributed by atoms with Gasteiger partial charge in [-0.25, -0.2) is 8.78 Å². The van der Waals surface area contributed by atoms with E-state index in [4.69, 9.17) is 4.74 Å². The molecule has 2 aromatic rings. The third-order valence-corrected chi connectivity index (χ3v) is 6.68. The third-order valence-electron chi connectivity index (χ3n) is 5.71. The van der Waals surface area contributed by atoms with E-state index in [2.05, 4.69) is 31.9 Å². The molecule has 0 aliphatic carbocycles. The summed E-state index contributed by atoms with van der Waals surface area (Å²) in [6.45, 7) is 5.56. The number of hydrogen-bond acceptors (Lipinski definition) is 6. The second kappa shape index (κ2) is 9.95. The number of thioether (sulfide) groups is 1. The Balaban J connectivity index is 1.43. The lowest BCUT2D eigenvalue weighted by Gasteiger charge is -2.31. The number of ether oxygens (including phenoxy) is 1. The van der Waals surface area contributed by atoms with E-state index < -0.39 is 11.6 Å². The van der Waals surface area contributed by atoms with Gasteiger partial charge in [-0.1, -0.05) is 18.7 Å². The summed E-state index contributed by atoms with van der Waals surface area (Å²) >= 11 is 1.28. The highest BCUT2D eigenvalue weighted by atomic mass is 32.2. The van der Waals surface area contributed by atoms with Crippen molar-refractivity contribution in [2.45, 2.75) is 50.4 Å². The lowest BCUT2D eigenvalue weighted by molar-refractivity contribution is -0.113. The molecule has 1 N–H and O–H groups in total. The number of anilines is 2. The summed E-state index contributed by atoms with van der Waals surface area (Å²) in [5, 5.41) is 12.0. The van der Waals surface area contributed by atoms with Crippen molar-refractivity contribution in [1.82, 2.24) is 14.8 Å². The Bertz CT molecular complexity index is 911. The average Bonchev–Trinajstić information content (AvgIpc) is 3.40. The van der Waals surface area contributed by atoms with Crippen LogP contribution in [0.1, 0.15) is 32.6 Å². The standard InChI is InChI=1S/C21H27F2N5O2S/c1-14-6-8-27(9-7-14)20-25-26-21(28(20)12-16-3-2-10-30-16)31-13-19(29)24-15-4-5-17(22)18(23)11-15/h4-5,11,14,16H,2-3,6-10,12-13H2,1H3,(H,24,29). The van der Waals surface area contributed by atoms with Gasteiger partial charge in [0.1, 0.15) is 0 Å². The zero-order chi connectivity index (χ0) is 21.8. The summed E-state index contributed by atoms with van der Waals surface area (Å²) in [6.07, 6.45) is 4.39. The van der Waals surface area contributed by atoms with Gasteiger partial charge < -0.3 is 15.0 Å². The maximum atomic E-state index is 13.4. The van der Waals surface area contributed by atoms with Gasteiger partial charge in [-0.3, -0.25) is 9.36 Å². The minimum Gasteiger partial charge on any atom is -0.376 e. The van der Waals surface area contributed by atoms with E-state index in [-0.39, 0.29) is 23.5 Å². The molecule has 168 valence electrons. The van der Waals surface area contributed by atoms with E-state index in [1.165, 1.54) is 17.8 Å². The monoisotopic (exact) mass is 451 g/mol. The van der Waals surface area contributed by atoms with Gasteiger partial charge in [-0.2, -0.15) is 0 Å². The second-order valence-electron chi connectivity index (χ2n) is 8.16. The van der Waals surface area contributed by atoms with Gasteiger partial charge in [0.2, 0.25) is 11.9 Å². The number of nitrogens with one attached hydrogen (secondary N) is 1. The Kier molecular flexibility index (Phi) is 7.06. The summed E-state index contributed by atoms with van der Waals surface area (Å²) in [6, 6.07) is 3.28. The Morgan fingerprint density at radius 3 is 2.74 bits per heavy atom. The molecule has 1 aromatic heterocycles. The molecule has 1 amide bonds. The van der Waals surface area contributed by atoms with Crippen LogP contribution in [0, 0.1) is 17.6 Å². The molecule has 3 heterocycles. The van der Waals surface area contributed by atoms with E-state index in [0.717, 1.165) is 63.5 Å². The van der Waals surface area contributed by atoms with Crippen LogP contribution in [0.15, 0.2) is 23.4 Å². The zero-order valence-corrected chi connectivity index (χ0v) is 18.3. The molecule has 0 spiro atoms. The van der Waals surface area contributed by atoms with Crippen molar-refractivity contribution in [1.29, 1.82) is 0 Å². The Labute approximate surface area is 184 Å². The Morgan fingerprint density at radius 1 is 1.23 bits per heavy atom. The number of amides is 1. The molecule has 31 heavy (non-hydrogen) atoms. The topological polar surface area (TPSA) is 72.3 Å². The van der Waals surface area contributed by atoms with Gasteiger partial charge >= 0.3 is 0 Å². The molecule has 0 radical (unpaired) electrons. The first-order valence-electron chi connectivity index (χ1n) is 10.7. The van der Waals surface area contributed by atoms with Crippen LogP contribution < -0.4 is 10.2 Å². The number of aromatic nitrogens is 3. The van der Waals surface area contributed by atoms with E-state index in [1.807, 2.05) is 0 Å². The molecule has 4 rings (SSSR count). The van der Waals surface area contributed by atoms with Crippen molar-refractivity contribution in [2.75, 3.05) is 35.7 Å². The van der Waals surface area contributed by atoms with Crippen LogP contribution >= 0.6 is 11.8 Å². The van der Waals surface area contributed by atoms with E-state index >= 15 is 0 Å². The summed E-state index contributed by atoms with van der Waals surface area (Å²) in [5.74, 6) is -0.655. The Morgan fingerprint density at radius 2 is 2.03 bits per heavy atom. The summed E-state index contributed by atoms with van der Waals surface area (Å²) < 4.78 is 34.3. The Hall–Kier alpha value is -2.20. The number of nitrogens with zero attached hydrogens (tertiary/aromatic N) is 4. The molecule has 2 aliphatic heterocycles. The normalized spacial score (nSPS) is 19.7. The molecule has 0 bridgehead atoms. The largest absolute Gasteiger partial charge is 0.376 e. The third kappa shape index (κ3) is 5.54. The molecule has 1 aromatic carbocycles. The SMILES string of the molecule is CC1CCN(c2nnc(SCC(=O)Nc3ccc(F)c(F)c3)n2CC2CCCO2)CC1. The average molecular weight is 452 g/mol. The fourth-order valence-electron chi connectivity index (χ4n) is 3.88. The quantitative estimate of drug-likeness (QED) is 0.648. The maximum absolute atomic E-state index is 13.4. The highest BCUT2D eigenvalue weighted by Gasteiger charge is 2.26. The predicted octanol–water partition coefficient (Wildman–Crippen LogP) is 3.70. The van der Waals surface area contributed by atoms with Gasteiger partial charge in [0.15, 0.2) is 16.8 Å². The van der Waals surface area contributed by atoms with Crippen molar-refractivity contribution >= 4 is 29.3 Å². The van der Waals surface area contributed by atoms with Gasteiger partial charge in [0.25, 0.3) is 0 Å². The molecular formula is C21H27F2N5O2S. The summed E-state index contributed by atoms with van der Waals surface area (Å²) in [7, 11) is 0. The number of benzene rings is 1. The minimum absolute atomic E-state index is 0.0830. The van der Waals surface area contributed by atoms with Crippen molar-refractivity contribution in [3.05, 3.63) is 29.8 Å². The van der Waals surface area contributed by atoms with Crippen molar-refractivity contribution in [3.63, 3.8) is 0 Å². The van der Waals surface area contributed by atoms with Gasteiger partial charge in [0.05, 0.1) is 18.4 Å². The molecule has 0 saturated carbocycles. The van der Waals surface area contributed by atoms with Crippen LogP contribution in [-0.4, -0.2) is 52.2 Å². The molecular weight excluding hydrogens is 424 g/mol. The molecule has 1 unspecified atom stereocenters. The van der Waals surface area contributed by atoms with Crippen LogP contribution in [0.4, 0.5) is 20.4 Å². The number of rotatable bonds is 7. The first-order valence-corrected chi connectivity index (χ1v) is 11.7. The molecule has 10 heteroatoms. The first-order chi connectivity index (χ1) is 15.0. The second-order valence-corrected chi connectivity index (χ2v) is 9.11. The van der Waals surface area contributed by atoms with Crippen LogP contribution in [0.5, 0.6) is 0 Å². The fourth-order valence-corrected chi connectivity index (χ4v) is 4.63. The molecule has 2 fully saturated rings. The predicted molar refractivity (Wildman–Crippen MR) is 115 cm³/mol. The van der Waals surface area contributed by atoms with Crippen LogP contribution in [0.2, 0.25) is 0 Å². The fraction of sp³-hybridized carbons (Fsp3) is 0.571. The lowest BCUT2D eigenvalue weighted by Crippen LogP contribution is -2.35. The van der Waals surface area contributed by atoms with Crippen LogP contribution in [0.25, 0.3) is 0 Å². The van der Waals surface area contributed by atoms with Crippen molar-refractivity contribution < 1.29 is 18.3 Å². The minimum atomic E-state index is -0.998. The summed E-state index contributed by atoms with van der Waals surface area (Å²) in [5.41, 5.74) is 0.216. The highest BCUT2D eigenvalue weighted by Crippen LogP contribution is 2.28. The van der Waals surface area contributed by atoms with Crippen LogP contribution in [0.3, 0.4) is 0 Å². The van der Waals surface area contributed by atoms with Crippen molar-refractivity contribution in [2.24, 2.45) is 5.92 Å². The number of carbonyl (C=O) groups excluding carboxylic acids is 1. The lowest BCUT2D eigenvalue weighted by atomic mass is 10.00. The van der Waals surface area contributed by atoms with E-state index in [9.17, 15) is 13.6 Å². The van der Waals surface area contributed by atoms with Crippen molar-refractivity contribution in [3.8, 4) is 0 Å². The zero-order valence-electron chi connectivity index (χ0n) is 17.5. The molecule has 2 saturated heterocycles. The van der Waals surface area contributed by atoms with Gasteiger partial charge in [-0.05, 0) is 43.7 Å². The van der Waals surface area contributed by atoms with E-state index in [0.29, 0.717) is 17.6 Å². The summed E-state index contributed by atoms with van der Waals surface area (Å²) in [4.78, 5) is 14.6. The number of hydrogen-bond donors (Lipinski definition) is 1. The number of halogens is 2. The molecule has 7 nitrogen and oxygen atoms in total. The van der Waals surface area contributed by atoms with Crippen LogP contribution in [-0.2, 0) is 16.1 Å². The smallest absolute Gasteiger partial charge is 0.234 e. The van der Waals surface area contributed by atoms with E-state index in [1.54, 1.807) is 0 Å². The number of carbonyl (C=O) groups is 1. The van der Waals surface area contributed by atoms with Gasteiger partial charge in [-0.15, -0.1) is 10.2 Å².